The minimum atomic E-state index is -0.374. The zero-order valence-electron chi connectivity index (χ0n) is 11.4. The van der Waals surface area contributed by atoms with Crippen LogP contribution in [-0.2, 0) is 10.5 Å². The van der Waals surface area contributed by atoms with Gasteiger partial charge in [0.2, 0.25) is 5.12 Å². The molecule has 1 aromatic carbocycles. The number of nitrogens with two attached hydrogens (primary N) is 2. The first-order valence-corrected chi connectivity index (χ1v) is 7.27. The zero-order valence-corrected chi connectivity index (χ0v) is 12.2. The van der Waals surface area contributed by atoms with Crippen LogP contribution in [-0.4, -0.2) is 30.2 Å². The number of hydrogen-bond acceptors (Lipinski definition) is 6. The van der Waals surface area contributed by atoms with Crippen molar-refractivity contribution in [1.29, 1.82) is 0 Å². The molecule has 0 aliphatic rings. The fraction of sp³-hybridized carbons (Fsp3) is 0.385. The van der Waals surface area contributed by atoms with Gasteiger partial charge < -0.3 is 11.1 Å². The minimum Gasteiger partial charge on any atom is -0.351 e. The molecule has 0 aliphatic heterocycles. The van der Waals surface area contributed by atoms with Crippen LogP contribution in [0.25, 0.3) is 0 Å². The summed E-state index contributed by atoms with van der Waals surface area (Å²) < 4.78 is 0. The Labute approximate surface area is 122 Å². The van der Waals surface area contributed by atoms with Crippen LogP contribution < -0.4 is 22.3 Å². The quantitative estimate of drug-likeness (QED) is 0.416. The smallest absolute Gasteiger partial charge is 0.251 e. The third-order valence-electron chi connectivity index (χ3n) is 2.63. The predicted octanol–water partition coefficient (Wildman–Crippen LogP) is -0.0133. The van der Waals surface area contributed by atoms with Gasteiger partial charge in [-0.3, -0.25) is 15.4 Å². The lowest BCUT2D eigenvalue weighted by Gasteiger charge is -2.08. The lowest BCUT2D eigenvalue weighted by atomic mass is 10.1. The van der Waals surface area contributed by atoms with Crippen molar-refractivity contribution in [3.63, 3.8) is 0 Å². The zero-order chi connectivity index (χ0) is 15.0. The molecule has 7 heteroatoms. The predicted molar refractivity (Wildman–Crippen MR) is 80.9 cm³/mol. The Morgan fingerprint density at radius 1 is 1.30 bits per heavy atom. The number of benzene rings is 1. The maximum Gasteiger partial charge on any atom is 0.251 e. The molecule has 0 fully saturated rings. The van der Waals surface area contributed by atoms with E-state index >= 15 is 0 Å². The van der Waals surface area contributed by atoms with Gasteiger partial charge >= 0.3 is 0 Å². The average Bonchev–Trinajstić information content (AvgIpc) is 2.49. The Bertz CT molecular complexity index is 450. The second kappa shape index (κ2) is 8.70. The van der Waals surface area contributed by atoms with Crippen molar-refractivity contribution in [3.8, 4) is 0 Å². The second-order valence-electron chi connectivity index (χ2n) is 4.24. The van der Waals surface area contributed by atoms with Crippen LogP contribution in [0.1, 0.15) is 22.8 Å². The summed E-state index contributed by atoms with van der Waals surface area (Å²) in [5.74, 6) is 5.60. The van der Waals surface area contributed by atoms with Crippen molar-refractivity contribution in [2.24, 2.45) is 11.6 Å². The van der Waals surface area contributed by atoms with Crippen LogP contribution in [0.15, 0.2) is 24.3 Å². The number of hydrazine groups is 1. The molecule has 0 saturated heterocycles. The number of amides is 1. The fourth-order valence-electron chi connectivity index (χ4n) is 1.39. The Hall–Kier alpha value is -1.41. The van der Waals surface area contributed by atoms with Crippen molar-refractivity contribution in [2.45, 2.75) is 18.7 Å². The van der Waals surface area contributed by atoms with E-state index in [2.05, 4.69) is 10.7 Å². The van der Waals surface area contributed by atoms with Gasteiger partial charge in [-0.2, -0.15) is 0 Å². The van der Waals surface area contributed by atoms with Crippen LogP contribution in [0.4, 0.5) is 0 Å². The molecule has 0 saturated carbocycles. The van der Waals surface area contributed by atoms with E-state index in [0.29, 0.717) is 24.4 Å². The summed E-state index contributed by atoms with van der Waals surface area (Å²) >= 11 is 1.19. The fourth-order valence-corrected chi connectivity index (χ4v) is 2.21. The standard InChI is InChI=1S/C13H20N4O2S/c1-9(17-15)13(19)20-8-10-2-4-11(5-3-10)12(18)16-7-6-14/h2-5,9,17H,6-8,14-15H2,1H3,(H,16,18)/t9-/m1/s1. The molecule has 6 N–H and O–H groups in total. The van der Waals surface area contributed by atoms with Gasteiger partial charge in [0.15, 0.2) is 0 Å². The van der Waals surface area contributed by atoms with Gasteiger partial charge in [0, 0.05) is 24.4 Å². The molecule has 0 aromatic heterocycles. The van der Waals surface area contributed by atoms with E-state index in [1.165, 1.54) is 11.8 Å². The van der Waals surface area contributed by atoms with E-state index in [0.717, 1.165) is 5.56 Å². The van der Waals surface area contributed by atoms with Gasteiger partial charge in [0.05, 0.1) is 6.04 Å². The van der Waals surface area contributed by atoms with Crippen LogP contribution in [0.3, 0.4) is 0 Å². The van der Waals surface area contributed by atoms with Crippen LogP contribution >= 0.6 is 11.8 Å². The SMILES string of the molecule is C[C@@H](NN)C(=O)SCc1ccc(C(=O)NCCN)cc1. The van der Waals surface area contributed by atoms with Crippen LogP contribution in [0.5, 0.6) is 0 Å². The largest absolute Gasteiger partial charge is 0.351 e. The molecule has 0 bridgehead atoms. The molecule has 1 amide bonds. The van der Waals surface area contributed by atoms with E-state index in [1.807, 2.05) is 12.1 Å². The number of hydrogen-bond donors (Lipinski definition) is 4. The summed E-state index contributed by atoms with van der Waals surface area (Å²) in [4.78, 5) is 23.2. The van der Waals surface area contributed by atoms with Crippen LogP contribution in [0.2, 0.25) is 0 Å². The van der Waals surface area contributed by atoms with E-state index in [-0.39, 0.29) is 17.1 Å². The molecule has 0 unspecified atom stereocenters. The summed E-state index contributed by atoms with van der Waals surface area (Å²) in [5.41, 5.74) is 9.28. The van der Waals surface area contributed by atoms with Crippen LogP contribution in [0, 0.1) is 0 Å². The summed E-state index contributed by atoms with van der Waals surface area (Å²) in [7, 11) is 0. The molecule has 0 aliphatic carbocycles. The highest BCUT2D eigenvalue weighted by atomic mass is 32.2. The maximum atomic E-state index is 11.7. The van der Waals surface area contributed by atoms with Gasteiger partial charge in [-0.05, 0) is 24.6 Å². The molecule has 20 heavy (non-hydrogen) atoms. The Kier molecular flexibility index (Phi) is 7.24. The first-order chi connectivity index (χ1) is 9.58. The summed E-state index contributed by atoms with van der Waals surface area (Å²) in [6, 6.07) is 6.76. The molecule has 0 heterocycles. The molecule has 110 valence electrons. The maximum absolute atomic E-state index is 11.7. The average molecular weight is 296 g/mol. The van der Waals surface area contributed by atoms with Gasteiger partial charge in [-0.25, -0.2) is 5.43 Å². The highest BCUT2D eigenvalue weighted by molar-refractivity contribution is 8.13. The number of carbonyl (C=O) groups excluding carboxylic acids is 2. The molecule has 6 nitrogen and oxygen atoms in total. The molecule has 0 spiro atoms. The number of nitrogens with one attached hydrogen (secondary N) is 2. The van der Waals surface area contributed by atoms with Crippen molar-refractivity contribution in [1.82, 2.24) is 10.7 Å². The molecule has 0 radical (unpaired) electrons. The van der Waals surface area contributed by atoms with Crippen molar-refractivity contribution < 1.29 is 9.59 Å². The topological polar surface area (TPSA) is 110 Å². The van der Waals surface area contributed by atoms with E-state index in [1.54, 1.807) is 19.1 Å². The highest BCUT2D eigenvalue weighted by Gasteiger charge is 2.11. The number of carbonyl (C=O) groups is 2. The van der Waals surface area contributed by atoms with Gasteiger partial charge in [-0.1, -0.05) is 23.9 Å². The molecular formula is C13H20N4O2S. The highest BCUT2D eigenvalue weighted by Crippen LogP contribution is 2.15. The third-order valence-corrected chi connectivity index (χ3v) is 3.75. The Balaban J connectivity index is 2.50. The molecule has 1 atom stereocenters. The number of thioether (sulfide) groups is 1. The molecule has 1 rings (SSSR count). The monoisotopic (exact) mass is 296 g/mol. The van der Waals surface area contributed by atoms with E-state index < -0.39 is 0 Å². The first-order valence-electron chi connectivity index (χ1n) is 6.28. The van der Waals surface area contributed by atoms with Crippen molar-refractivity contribution in [2.75, 3.05) is 13.1 Å². The number of rotatable bonds is 7. The van der Waals surface area contributed by atoms with Gasteiger partial charge in [0.1, 0.15) is 0 Å². The second-order valence-corrected chi connectivity index (χ2v) is 5.22. The van der Waals surface area contributed by atoms with Gasteiger partial charge in [-0.15, -0.1) is 0 Å². The van der Waals surface area contributed by atoms with E-state index in [9.17, 15) is 9.59 Å². The minimum absolute atomic E-state index is 0.0164. The van der Waals surface area contributed by atoms with Crippen molar-refractivity contribution >= 4 is 22.8 Å². The lowest BCUT2D eigenvalue weighted by Crippen LogP contribution is -2.37. The third kappa shape index (κ3) is 5.30. The van der Waals surface area contributed by atoms with E-state index in [4.69, 9.17) is 11.6 Å². The summed E-state index contributed by atoms with van der Waals surface area (Å²) in [6.45, 7) is 2.57. The van der Waals surface area contributed by atoms with Gasteiger partial charge in [0.25, 0.3) is 5.91 Å². The normalized spacial score (nSPS) is 11.9. The summed E-state index contributed by atoms with van der Waals surface area (Å²) in [5, 5.41) is 2.68. The molecule has 1 aromatic rings. The Morgan fingerprint density at radius 3 is 2.50 bits per heavy atom. The first kappa shape index (κ1) is 16.6. The lowest BCUT2D eigenvalue weighted by molar-refractivity contribution is -0.112. The summed E-state index contributed by atoms with van der Waals surface area (Å²) in [6.07, 6.45) is 0. The molecular weight excluding hydrogens is 276 g/mol. The van der Waals surface area contributed by atoms with Crippen molar-refractivity contribution in [3.05, 3.63) is 35.4 Å². The Morgan fingerprint density at radius 2 is 1.95 bits per heavy atom.